The van der Waals surface area contributed by atoms with Gasteiger partial charge in [-0.2, -0.15) is 0 Å². The zero-order valence-electron chi connectivity index (χ0n) is 11.9. The molecular weight excluding hydrogens is 288 g/mol. The second kappa shape index (κ2) is 7.15. The summed E-state index contributed by atoms with van der Waals surface area (Å²) in [4.78, 5) is 2.34. The van der Waals surface area contributed by atoms with Gasteiger partial charge in [0.15, 0.2) is 0 Å². The standard InChI is InChI=1S/C15H25BrN2/c1-11(2)7-8-18(4)15-10-14(16)6-5-13(15)9-12(3)17/h5-6,10-12H,7-9,17H2,1-4H3. The Morgan fingerprint density at radius 1 is 1.28 bits per heavy atom. The van der Waals surface area contributed by atoms with Gasteiger partial charge in [0.2, 0.25) is 0 Å². The van der Waals surface area contributed by atoms with E-state index in [2.05, 4.69) is 66.8 Å². The van der Waals surface area contributed by atoms with Crippen LogP contribution in [0.15, 0.2) is 22.7 Å². The lowest BCUT2D eigenvalue weighted by atomic mass is 10.0. The van der Waals surface area contributed by atoms with E-state index in [9.17, 15) is 0 Å². The second-order valence-corrected chi connectivity index (χ2v) is 6.47. The van der Waals surface area contributed by atoms with Gasteiger partial charge in [-0.05, 0) is 43.4 Å². The lowest BCUT2D eigenvalue weighted by Gasteiger charge is -2.24. The average Bonchev–Trinajstić information content (AvgIpc) is 2.27. The van der Waals surface area contributed by atoms with Crippen molar-refractivity contribution in [3.8, 4) is 0 Å². The van der Waals surface area contributed by atoms with E-state index in [1.807, 2.05) is 0 Å². The molecule has 1 aromatic carbocycles. The van der Waals surface area contributed by atoms with E-state index in [-0.39, 0.29) is 6.04 Å². The summed E-state index contributed by atoms with van der Waals surface area (Å²) in [7, 11) is 2.16. The highest BCUT2D eigenvalue weighted by atomic mass is 79.9. The highest BCUT2D eigenvalue weighted by Gasteiger charge is 2.10. The fourth-order valence-corrected chi connectivity index (χ4v) is 2.33. The third-order valence-corrected chi connectivity index (χ3v) is 3.54. The molecule has 2 nitrogen and oxygen atoms in total. The Balaban J connectivity index is 2.86. The van der Waals surface area contributed by atoms with Crippen LogP contribution in [-0.4, -0.2) is 19.6 Å². The minimum atomic E-state index is 0.198. The topological polar surface area (TPSA) is 29.3 Å². The van der Waals surface area contributed by atoms with Gasteiger partial charge in [0.25, 0.3) is 0 Å². The van der Waals surface area contributed by atoms with E-state index in [0.717, 1.165) is 23.4 Å². The molecule has 1 unspecified atom stereocenters. The van der Waals surface area contributed by atoms with E-state index in [1.54, 1.807) is 0 Å². The van der Waals surface area contributed by atoms with Crippen LogP contribution in [0.5, 0.6) is 0 Å². The molecule has 0 saturated heterocycles. The summed E-state index contributed by atoms with van der Waals surface area (Å²) >= 11 is 3.55. The predicted octanol–water partition coefficient (Wildman–Crippen LogP) is 3.82. The maximum absolute atomic E-state index is 5.92. The fraction of sp³-hybridized carbons (Fsp3) is 0.600. The molecule has 1 rings (SSSR count). The molecule has 0 heterocycles. The van der Waals surface area contributed by atoms with Crippen molar-refractivity contribution in [2.24, 2.45) is 11.7 Å². The third-order valence-electron chi connectivity index (χ3n) is 3.04. The average molecular weight is 313 g/mol. The van der Waals surface area contributed by atoms with E-state index < -0.39 is 0 Å². The van der Waals surface area contributed by atoms with Gasteiger partial charge in [0.05, 0.1) is 0 Å². The molecule has 0 aliphatic heterocycles. The van der Waals surface area contributed by atoms with Crippen LogP contribution in [0.2, 0.25) is 0 Å². The molecule has 18 heavy (non-hydrogen) atoms. The van der Waals surface area contributed by atoms with Gasteiger partial charge < -0.3 is 10.6 Å². The van der Waals surface area contributed by atoms with Crippen LogP contribution in [0.3, 0.4) is 0 Å². The lowest BCUT2D eigenvalue weighted by molar-refractivity contribution is 0.584. The van der Waals surface area contributed by atoms with Crippen LogP contribution in [0, 0.1) is 5.92 Å². The first-order valence-electron chi connectivity index (χ1n) is 6.65. The maximum atomic E-state index is 5.92. The summed E-state index contributed by atoms with van der Waals surface area (Å²) < 4.78 is 1.13. The molecular formula is C15H25BrN2. The molecule has 0 aromatic heterocycles. The first kappa shape index (κ1) is 15.5. The summed E-state index contributed by atoms with van der Waals surface area (Å²) in [6, 6.07) is 6.66. The molecule has 0 radical (unpaired) electrons. The molecule has 1 aromatic rings. The highest BCUT2D eigenvalue weighted by Crippen LogP contribution is 2.26. The van der Waals surface area contributed by atoms with Crippen molar-refractivity contribution in [1.29, 1.82) is 0 Å². The van der Waals surface area contributed by atoms with Crippen LogP contribution in [0.1, 0.15) is 32.8 Å². The molecule has 0 aliphatic carbocycles. The molecule has 0 amide bonds. The monoisotopic (exact) mass is 312 g/mol. The van der Waals surface area contributed by atoms with E-state index in [4.69, 9.17) is 5.73 Å². The molecule has 0 spiro atoms. The van der Waals surface area contributed by atoms with E-state index >= 15 is 0 Å². The molecule has 0 fully saturated rings. The van der Waals surface area contributed by atoms with Crippen molar-refractivity contribution in [1.82, 2.24) is 0 Å². The Morgan fingerprint density at radius 3 is 2.50 bits per heavy atom. The van der Waals surface area contributed by atoms with Gasteiger partial charge in [0, 0.05) is 29.8 Å². The molecule has 3 heteroatoms. The highest BCUT2D eigenvalue weighted by molar-refractivity contribution is 9.10. The van der Waals surface area contributed by atoms with E-state index in [0.29, 0.717) is 0 Å². The van der Waals surface area contributed by atoms with Crippen LogP contribution in [-0.2, 0) is 6.42 Å². The number of rotatable bonds is 6. The van der Waals surface area contributed by atoms with Crippen LogP contribution < -0.4 is 10.6 Å². The number of anilines is 1. The van der Waals surface area contributed by atoms with Crippen molar-refractivity contribution < 1.29 is 0 Å². The zero-order chi connectivity index (χ0) is 13.7. The van der Waals surface area contributed by atoms with Crippen LogP contribution in [0.25, 0.3) is 0 Å². The molecule has 102 valence electrons. The minimum Gasteiger partial charge on any atom is -0.374 e. The Kier molecular flexibility index (Phi) is 6.16. The summed E-state index contributed by atoms with van der Waals surface area (Å²) in [5.41, 5.74) is 8.55. The van der Waals surface area contributed by atoms with Gasteiger partial charge in [-0.3, -0.25) is 0 Å². The first-order chi connectivity index (χ1) is 8.40. The van der Waals surface area contributed by atoms with E-state index in [1.165, 1.54) is 17.7 Å². The zero-order valence-corrected chi connectivity index (χ0v) is 13.5. The minimum absolute atomic E-state index is 0.198. The number of hydrogen-bond donors (Lipinski definition) is 1. The largest absolute Gasteiger partial charge is 0.374 e. The van der Waals surface area contributed by atoms with Gasteiger partial charge >= 0.3 is 0 Å². The van der Waals surface area contributed by atoms with Gasteiger partial charge in [0.1, 0.15) is 0 Å². The maximum Gasteiger partial charge on any atom is 0.0408 e. The second-order valence-electron chi connectivity index (χ2n) is 5.56. The third kappa shape index (κ3) is 4.99. The van der Waals surface area contributed by atoms with Crippen molar-refractivity contribution in [2.45, 2.75) is 39.7 Å². The fourth-order valence-electron chi connectivity index (χ4n) is 1.98. The quantitative estimate of drug-likeness (QED) is 0.865. The SMILES string of the molecule is CC(C)CCN(C)c1cc(Br)ccc1CC(C)N. The molecule has 0 aliphatic rings. The Labute approximate surface area is 120 Å². The number of nitrogens with two attached hydrogens (primary N) is 1. The summed E-state index contributed by atoms with van der Waals surface area (Å²) in [5.74, 6) is 0.733. The van der Waals surface area contributed by atoms with Crippen molar-refractivity contribution in [3.63, 3.8) is 0 Å². The Morgan fingerprint density at radius 2 is 1.94 bits per heavy atom. The van der Waals surface area contributed by atoms with Gasteiger partial charge in [-0.15, -0.1) is 0 Å². The Hall–Kier alpha value is -0.540. The summed E-state index contributed by atoms with van der Waals surface area (Å²) in [6.45, 7) is 7.66. The number of hydrogen-bond acceptors (Lipinski definition) is 2. The summed E-state index contributed by atoms with van der Waals surface area (Å²) in [5, 5.41) is 0. The molecule has 0 saturated carbocycles. The first-order valence-corrected chi connectivity index (χ1v) is 7.44. The summed E-state index contributed by atoms with van der Waals surface area (Å²) in [6.07, 6.45) is 2.13. The van der Waals surface area contributed by atoms with Crippen molar-refractivity contribution in [2.75, 3.05) is 18.5 Å². The molecule has 2 N–H and O–H groups in total. The number of nitrogens with zero attached hydrogens (tertiary/aromatic N) is 1. The lowest BCUT2D eigenvalue weighted by Crippen LogP contribution is -2.24. The van der Waals surface area contributed by atoms with Crippen molar-refractivity contribution in [3.05, 3.63) is 28.2 Å². The number of halogens is 1. The Bertz CT molecular complexity index is 375. The predicted molar refractivity (Wildman–Crippen MR) is 84.2 cm³/mol. The normalized spacial score (nSPS) is 12.8. The van der Waals surface area contributed by atoms with Gasteiger partial charge in [-0.1, -0.05) is 35.8 Å². The molecule has 1 atom stereocenters. The van der Waals surface area contributed by atoms with Gasteiger partial charge in [-0.25, -0.2) is 0 Å². The van der Waals surface area contributed by atoms with Crippen molar-refractivity contribution >= 4 is 21.6 Å². The van der Waals surface area contributed by atoms with Crippen LogP contribution in [0.4, 0.5) is 5.69 Å². The number of benzene rings is 1. The smallest absolute Gasteiger partial charge is 0.0408 e. The molecule has 0 bridgehead atoms. The van der Waals surface area contributed by atoms with Crippen LogP contribution >= 0.6 is 15.9 Å².